The predicted molar refractivity (Wildman–Crippen MR) is 78.0 cm³/mol. The fourth-order valence-corrected chi connectivity index (χ4v) is 2.88. The van der Waals surface area contributed by atoms with Crippen LogP contribution in [0, 0.1) is 5.82 Å². The third kappa shape index (κ3) is 2.88. The minimum atomic E-state index is -0.192. The molecule has 1 aromatic heterocycles. The molecule has 1 fully saturated rings. The molecule has 2 nitrogen and oxygen atoms in total. The Kier molecular flexibility index (Phi) is 3.79. The third-order valence-electron chi connectivity index (χ3n) is 3.99. The average molecular weight is 270 g/mol. The summed E-state index contributed by atoms with van der Waals surface area (Å²) in [6, 6.07) is 13.3. The topological polar surface area (TPSA) is 16.1 Å². The Hall–Kier alpha value is -1.74. The van der Waals surface area contributed by atoms with Crippen LogP contribution in [0.25, 0.3) is 0 Å². The second kappa shape index (κ2) is 5.71. The number of benzene rings is 1. The maximum Gasteiger partial charge on any atom is 0.123 e. The minimum Gasteiger partial charge on any atom is -0.298 e. The van der Waals surface area contributed by atoms with Gasteiger partial charge in [-0.15, -0.1) is 0 Å². The SMILES string of the molecule is CN1CCC[C@@H]1c1cccc(Cc2ccc(F)cc2)n1. The summed E-state index contributed by atoms with van der Waals surface area (Å²) in [6.07, 6.45) is 3.18. The molecule has 20 heavy (non-hydrogen) atoms. The van der Waals surface area contributed by atoms with E-state index in [2.05, 4.69) is 24.1 Å². The van der Waals surface area contributed by atoms with Gasteiger partial charge in [0.25, 0.3) is 0 Å². The van der Waals surface area contributed by atoms with E-state index >= 15 is 0 Å². The Bertz CT molecular complexity index is 580. The van der Waals surface area contributed by atoms with Crippen LogP contribution in [0.4, 0.5) is 4.39 Å². The summed E-state index contributed by atoms with van der Waals surface area (Å²) in [4.78, 5) is 7.15. The van der Waals surface area contributed by atoms with Crippen molar-refractivity contribution in [2.45, 2.75) is 25.3 Å². The highest BCUT2D eigenvalue weighted by Gasteiger charge is 2.23. The van der Waals surface area contributed by atoms with Crippen molar-refractivity contribution in [3.8, 4) is 0 Å². The van der Waals surface area contributed by atoms with Crippen LogP contribution in [-0.2, 0) is 6.42 Å². The molecule has 0 N–H and O–H groups in total. The molecule has 1 aromatic carbocycles. The molecule has 3 rings (SSSR count). The lowest BCUT2D eigenvalue weighted by Crippen LogP contribution is -2.18. The summed E-state index contributed by atoms with van der Waals surface area (Å²) in [7, 11) is 2.16. The van der Waals surface area contributed by atoms with Gasteiger partial charge in [-0.3, -0.25) is 9.88 Å². The van der Waals surface area contributed by atoms with Gasteiger partial charge in [-0.05, 0) is 56.3 Å². The lowest BCUT2D eigenvalue weighted by atomic mass is 10.1. The molecule has 3 heteroatoms. The van der Waals surface area contributed by atoms with Gasteiger partial charge < -0.3 is 0 Å². The molecule has 0 spiro atoms. The number of hydrogen-bond acceptors (Lipinski definition) is 2. The van der Waals surface area contributed by atoms with Gasteiger partial charge in [-0.25, -0.2) is 4.39 Å². The second-order valence-corrected chi connectivity index (χ2v) is 5.50. The smallest absolute Gasteiger partial charge is 0.123 e. The van der Waals surface area contributed by atoms with Gasteiger partial charge in [0.1, 0.15) is 5.82 Å². The summed E-state index contributed by atoms with van der Waals surface area (Å²) in [5.74, 6) is -0.192. The van der Waals surface area contributed by atoms with Crippen molar-refractivity contribution in [2.75, 3.05) is 13.6 Å². The van der Waals surface area contributed by atoms with Crippen LogP contribution in [0.15, 0.2) is 42.5 Å². The summed E-state index contributed by atoms with van der Waals surface area (Å²) >= 11 is 0. The second-order valence-electron chi connectivity index (χ2n) is 5.50. The van der Waals surface area contributed by atoms with Crippen molar-refractivity contribution in [1.29, 1.82) is 0 Å². The maximum atomic E-state index is 12.9. The molecule has 1 aliphatic heterocycles. The first-order valence-electron chi connectivity index (χ1n) is 7.13. The lowest BCUT2D eigenvalue weighted by Gasteiger charge is -2.19. The lowest BCUT2D eigenvalue weighted by molar-refractivity contribution is 0.311. The summed E-state index contributed by atoms with van der Waals surface area (Å²) in [5.41, 5.74) is 3.30. The van der Waals surface area contributed by atoms with Gasteiger partial charge in [0.05, 0.1) is 11.7 Å². The molecule has 1 aliphatic rings. The quantitative estimate of drug-likeness (QED) is 0.847. The van der Waals surface area contributed by atoms with Gasteiger partial charge in [0.15, 0.2) is 0 Å². The predicted octanol–water partition coefficient (Wildman–Crippen LogP) is 3.58. The van der Waals surface area contributed by atoms with Crippen molar-refractivity contribution in [3.63, 3.8) is 0 Å². The zero-order valence-corrected chi connectivity index (χ0v) is 11.7. The number of likely N-dealkylation sites (tertiary alicyclic amines) is 1. The van der Waals surface area contributed by atoms with Gasteiger partial charge in [0, 0.05) is 12.1 Å². The molecule has 104 valence electrons. The van der Waals surface area contributed by atoms with Crippen LogP contribution >= 0.6 is 0 Å². The molecule has 0 amide bonds. The van der Waals surface area contributed by atoms with Crippen molar-refractivity contribution in [2.24, 2.45) is 0 Å². The first-order chi connectivity index (χ1) is 9.72. The van der Waals surface area contributed by atoms with Crippen molar-refractivity contribution >= 4 is 0 Å². The number of halogens is 1. The summed E-state index contributed by atoms with van der Waals surface area (Å²) in [6.45, 7) is 1.15. The fourth-order valence-electron chi connectivity index (χ4n) is 2.88. The van der Waals surface area contributed by atoms with E-state index in [1.54, 1.807) is 0 Å². The Morgan fingerprint density at radius 2 is 2.00 bits per heavy atom. The standard InChI is InChI=1S/C17H19FN2/c1-20-11-3-6-17(20)16-5-2-4-15(19-16)12-13-7-9-14(18)10-8-13/h2,4-5,7-10,17H,3,6,11-12H2,1H3/t17-/m1/s1. The molecule has 2 heterocycles. The average Bonchev–Trinajstić information content (AvgIpc) is 2.88. The highest BCUT2D eigenvalue weighted by Crippen LogP contribution is 2.29. The Morgan fingerprint density at radius 3 is 2.70 bits per heavy atom. The normalized spacial score (nSPS) is 19.4. The van der Waals surface area contributed by atoms with E-state index in [0.29, 0.717) is 6.04 Å². The number of hydrogen-bond donors (Lipinski definition) is 0. The highest BCUT2D eigenvalue weighted by atomic mass is 19.1. The minimum absolute atomic E-state index is 0.192. The van der Waals surface area contributed by atoms with Crippen molar-refractivity contribution in [3.05, 3.63) is 65.2 Å². The molecular weight excluding hydrogens is 251 g/mol. The van der Waals surface area contributed by atoms with Crippen molar-refractivity contribution in [1.82, 2.24) is 9.88 Å². The summed E-state index contributed by atoms with van der Waals surface area (Å²) in [5, 5.41) is 0. The first kappa shape index (κ1) is 13.3. The number of nitrogens with zero attached hydrogens (tertiary/aromatic N) is 2. The van der Waals surface area contributed by atoms with Crippen LogP contribution < -0.4 is 0 Å². The van der Waals surface area contributed by atoms with Gasteiger partial charge in [0.2, 0.25) is 0 Å². The van der Waals surface area contributed by atoms with E-state index in [4.69, 9.17) is 4.98 Å². The van der Waals surface area contributed by atoms with Crippen LogP contribution in [-0.4, -0.2) is 23.5 Å². The van der Waals surface area contributed by atoms with Crippen LogP contribution in [0.3, 0.4) is 0 Å². The fraction of sp³-hybridized carbons (Fsp3) is 0.353. The van der Waals surface area contributed by atoms with Crippen molar-refractivity contribution < 1.29 is 4.39 Å². The summed E-state index contributed by atoms with van der Waals surface area (Å²) < 4.78 is 12.9. The Labute approximate surface area is 119 Å². The molecule has 2 aromatic rings. The van der Waals surface area contributed by atoms with E-state index in [0.717, 1.165) is 29.9 Å². The number of pyridine rings is 1. The Morgan fingerprint density at radius 1 is 1.20 bits per heavy atom. The van der Waals surface area contributed by atoms with E-state index in [1.165, 1.54) is 25.0 Å². The zero-order chi connectivity index (χ0) is 13.9. The maximum absolute atomic E-state index is 12.9. The molecule has 1 atom stereocenters. The zero-order valence-electron chi connectivity index (χ0n) is 11.7. The van der Waals surface area contributed by atoms with Gasteiger partial charge in [-0.2, -0.15) is 0 Å². The van der Waals surface area contributed by atoms with Crippen LogP contribution in [0.5, 0.6) is 0 Å². The molecular formula is C17H19FN2. The van der Waals surface area contributed by atoms with Crippen LogP contribution in [0.1, 0.15) is 35.8 Å². The largest absolute Gasteiger partial charge is 0.298 e. The highest BCUT2D eigenvalue weighted by molar-refractivity contribution is 5.24. The molecule has 0 saturated carbocycles. The van der Waals surface area contributed by atoms with E-state index in [1.807, 2.05) is 18.2 Å². The molecule has 0 aliphatic carbocycles. The molecule has 0 radical (unpaired) electrons. The van der Waals surface area contributed by atoms with Gasteiger partial charge in [-0.1, -0.05) is 18.2 Å². The van der Waals surface area contributed by atoms with E-state index in [9.17, 15) is 4.39 Å². The van der Waals surface area contributed by atoms with Gasteiger partial charge >= 0.3 is 0 Å². The van der Waals surface area contributed by atoms with E-state index in [-0.39, 0.29) is 5.82 Å². The Balaban J connectivity index is 1.79. The number of aromatic nitrogens is 1. The monoisotopic (exact) mass is 270 g/mol. The first-order valence-corrected chi connectivity index (χ1v) is 7.13. The molecule has 0 bridgehead atoms. The molecule has 1 saturated heterocycles. The molecule has 0 unspecified atom stereocenters. The number of rotatable bonds is 3. The van der Waals surface area contributed by atoms with E-state index < -0.39 is 0 Å². The third-order valence-corrected chi connectivity index (χ3v) is 3.99. The van der Waals surface area contributed by atoms with Crippen LogP contribution in [0.2, 0.25) is 0 Å².